The molecule has 2 rings (SSSR count). The molecule has 1 N–H and O–H groups in total. The van der Waals surface area contributed by atoms with Crippen LogP contribution in [-0.4, -0.2) is 24.7 Å². The van der Waals surface area contributed by atoms with E-state index < -0.39 is 0 Å². The second-order valence-electron chi connectivity index (χ2n) is 4.56. The molecule has 2 atom stereocenters. The number of pyridine rings is 1. The predicted octanol–water partition coefficient (Wildman–Crippen LogP) is 2.33. The molecule has 1 aliphatic heterocycles. The van der Waals surface area contributed by atoms with Gasteiger partial charge in [0.1, 0.15) is 0 Å². The summed E-state index contributed by atoms with van der Waals surface area (Å²) in [5.41, 5.74) is 2.57. The summed E-state index contributed by atoms with van der Waals surface area (Å²) in [6, 6.07) is 4.55. The molecule has 0 saturated carbocycles. The molecule has 94 valence electrons. The number of hydrogen-bond acceptors (Lipinski definition) is 3. The van der Waals surface area contributed by atoms with Crippen molar-refractivity contribution in [3.05, 3.63) is 29.6 Å². The van der Waals surface area contributed by atoms with Crippen molar-refractivity contribution in [3.8, 4) is 0 Å². The van der Waals surface area contributed by atoms with Crippen LogP contribution in [-0.2, 0) is 11.2 Å². The van der Waals surface area contributed by atoms with E-state index in [1.165, 1.54) is 11.3 Å². The lowest BCUT2D eigenvalue weighted by atomic mass is 9.92. The first-order valence-corrected chi connectivity index (χ1v) is 6.61. The second-order valence-corrected chi connectivity index (χ2v) is 4.56. The van der Waals surface area contributed by atoms with Crippen molar-refractivity contribution in [3.63, 3.8) is 0 Å². The second kappa shape index (κ2) is 6.12. The lowest BCUT2D eigenvalue weighted by Crippen LogP contribution is -2.30. The van der Waals surface area contributed by atoms with Crippen molar-refractivity contribution < 1.29 is 4.74 Å². The van der Waals surface area contributed by atoms with E-state index in [1.54, 1.807) is 0 Å². The highest BCUT2D eigenvalue weighted by Crippen LogP contribution is 2.29. The van der Waals surface area contributed by atoms with E-state index in [1.807, 2.05) is 12.3 Å². The topological polar surface area (TPSA) is 34.2 Å². The van der Waals surface area contributed by atoms with Gasteiger partial charge in [0.15, 0.2) is 0 Å². The van der Waals surface area contributed by atoms with Gasteiger partial charge in [0.05, 0.1) is 18.3 Å². The number of aryl methyl sites for hydroxylation is 1. The molecule has 0 aromatic carbocycles. The van der Waals surface area contributed by atoms with Crippen molar-refractivity contribution in [1.29, 1.82) is 0 Å². The highest BCUT2D eigenvalue weighted by Gasteiger charge is 2.28. The van der Waals surface area contributed by atoms with Crippen LogP contribution in [0.15, 0.2) is 18.3 Å². The fourth-order valence-electron chi connectivity index (χ4n) is 2.55. The van der Waals surface area contributed by atoms with Crippen molar-refractivity contribution in [2.24, 2.45) is 5.92 Å². The van der Waals surface area contributed by atoms with Gasteiger partial charge < -0.3 is 10.1 Å². The van der Waals surface area contributed by atoms with Gasteiger partial charge in [0.2, 0.25) is 0 Å². The monoisotopic (exact) mass is 234 g/mol. The predicted molar refractivity (Wildman–Crippen MR) is 69.0 cm³/mol. The Morgan fingerprint density at radius 2 is 2.41 bits per heavy atom. The molecule has 2 heterocycles. The van der Waals surface area contributed by atoms with Crippen LogP contribution in [0.1, 0.15) is 37.6 Å². The van der Waals surface area contributed by atoms with Crippen LogP contribution in [0, 0.1) is 5.92 Å². The fraction of sp³-hybridized carbons (Fsp3) is 0.643. The molecule has 17 heavy (non-hydrogen) atoms. The van der Waals surface area contributed by atoms with Crippen LogP contribution in [0.4, 0.5) is 0 Å². The van der Waals surface area contributed by atoms with E-state index >= 15 is 0 Å². The van der Waals surface area contributed by atoms with Gasteiger partial charge in [-0.1, -0.05) is 19.9 Å². The SMILES string of the molecule is CCNC(c1ncccc1CC)C1CCOC1. The summed E-state index contributed by atoms with van der Waals surface area (Å²) in [5.74, 6) is 0.565. The minimum atomic E-state index is 0.346. The Morgan fingerprint density at radius 1 is 1.53 bits per heavy atom. The van der Waals surface area contributed by atoms with Crippen LogP contribution in [0.3, 0.4) is 0 Å². The first-order chi connectivity index (χ1) is 8.36. The first kappa shape index (κ1) is 12.5. The molecule has 0 bridgehead atoms. The average molecular weight is 234 g/mol. The number of rotatable bonds is 5. The first-order valence-electron chi connectivity index (χ1n) is 6.61. The van der Waals surface area contributed by atoms with Gasteiger partial charge in [-0.15, -0.1) is 0 Å². The van der Waals surface area contributed by atoms with Gasteiger partial charge in [-0.05, 0) is 31.0 Å². The van der Waals surface area contributed by atoms with Gasteiger partial charge in [0, 0.05) is 18.7 Å². The zero-order valence-corrected chi connectivity index (χ0v) is 10.8. The van der Waals surface area contributed by atoms with Crippen LogP contribution >= 0.6 is 0 Å². The third-order valence-electron chi connectivity index (χ3n) is 3.46. The Morgan fingerprint density at radius 3 is 3.06 bits per heavy atom. The molecular formula is C14H22N2O. The molecule has 1 saturated heterocycles. The smallest absolute Gasteiger partial charge is 0.0608 e. The number of nitrogens with zero attached hydrogens (tertiary/aromatic N) is 1. The van der Waals surface area contributed by atoms with Crippen LogP contribution in [0.25, 0.3) is 0 Å². The summed E-state index contributed by atoms with van der Waals surface area (Å²) < 4.78 is 5.51. The summed E-state index contributed by atoms with van der Waals surface area (Å²) in [7, 11) is 0. The van der Waals surface area contributed by atoms with Gasteiger partial charge in [-0.2, -0.15) is 0 Å². The van der Waals surface area contributed by atoms with Crippen LogP contribution in [0.2, 0.25) is 0 Å². The summed E-state index contributed by atoms with van der Waals surface area (Å²) in [5, 5.41) is 3.57. The molecule has 0 aliphatic carbocycles. The van der Waals surface area contributed by atoms with E-state index in [2.05, 4.69) is 30.2 Å². The van der Waals surface area contributed by atoms with E-state index in [0.29, 0.717) is 12.0 Å². The molecule has 1 fully saturated rings. The average Bonchev–Trinajstić information content (AvgIpc) is 2.89. The summed E-state index contributed by atoms with van der Waals surface area (Å²) >= 11 is 0. The largest absolute Gasteiger partial charge is 0.381 e. The zero-order valence-electron chi connectivity index (χ0n) is 10.8. The highest BCUT2D eigenvalue weighted by atomic mass is 16.5. The Labute approximate surface area is 104 Å². The van der Waals surface area contributed by atoms with Crippen molar-refractivity contribution >= 4 is 0 Å². The van der Waals surface area contributed by atoms with E-state index in [4.69, 9.17) is 4.74 Å². The molecule has 0 radical (unpaired) electrons. The minimum absolute atomic E-state index is 0.346. The summed E-state index contributed by atoms with van der Waals surface area (Å²) in [6.45, 7) is 7.06. The Kier molecular flexibility index (Phi) is 4.51. The van der Waals surface area contributed by atoms with E-state index in [9.17, 15) is 0 Å². The highest BCUT2D eigenvalue weighted by molar-refractivity contribution is 5.23. The maximum absolute atomic E-state index is 5.51. The van der Waals surface area contributed by atoms with Gasteiger partial charge in [0.25, 0.3) is 0 Å². The maximum atomic E-state index is 5.51. The van der Waals surface area contributed by atoms with E-state index in [0.717, 1.165) is 32.6 Å². The fourth-order valence-corrected chi connectivity index (χ4v) is 2.55. The Balaban J connectivity index is 2.24. The molecular weight excluding hydrogens is 212 g/mol. The maximum Gasteiger partial charge on any atom is 0.0608 e. The van der Waals surface area contributed by atoms with Gasteiger partial charge >= 0.3 is 0 Å². The summed E-state index contributed by atoms with van der Waals surface area (Å²) in [6.07, 6.45) is 4.07. The van der Waals surface area contributed by atoms with Crippen LogP contribution < -0.4 is 5.32 Å². The molecule has 0 spiro atoms. The number of hydrogen-bond donors (Lipinski definition) is 1. The lowest BCUT2D eigenvalue weighted by Gasteiger charge is -2.24. The van der Waals surface area contributed by atoms with Gasteiger partial charge in [-0.3, -0.25) is 4.98 Å². The van der Waals surface area contributed by atoms with E-state index in [-0.39, 0.29) is 0 Å². The molecule has 3 heteroatoms. The molecule has 1 aliphatic rings. The standard InChI is InChI=1S/C14H22N2O/c1-3-11-6-5-8-16-13(11)14(15-4-2)12-7-9-17-10-12/h5-6,8,12,14-15H,3-4,7,9-10H2,1-2H3. The summed E-state index contributed by atoms with van der Waals surface area (Å²) in [4.78, 5) is 4.60. The number of ether oxygens (including phenoxy) is 1. The molecule has 1 aromatic rings. The third-order valence-corrected chi connectivity index (χ3v) is 3.46. The molecule has 0 amide bonds. The lowest BCUT2D eigenvalue weighted by molar-refractivity contribution is 0.176. The van der Waals surface area contributed by atoms with Crippen LogP contribution in [0.5, 0.6) is 0 Å². The molecule has 2 unspecified atom stereocenters. The molecule has 1 aromatic heterocycles. The van der Waals surface area contributed by atoms with Crippen molar-refractivity contribution in [1.82, 2.24) is 10.3 Å². The Hall–Kier alpha value is -0.930. The zero-order chi connectivity index (χ0) is 12.1. The quantitative estimate of drug-likeness (QED) is 0.849. The number of nitrogens with one attached hydrogen (secondary N) is 1. The van der Waals surface area contributed by atoms with Gasteiger partial charge in [-0.25, -0.2) is 0 Å². The Bertz CT molecular complexity index is 348. The third kappa shape index (κ3) is 2.85. The van der Waals surface area contributed by atoms with Crippen molar-refractivity contribution in [2.45, 2.75) is 32.7 Å². The normalized spacial score (nSPS) is 21.6. The minimum Gasteiger partial charge on any atom is -0.381 e. The van der Waals surface area contributed by atoms with Crippen molar-refractivity contribution in [2.75, 3.05) is 19.8 Å². The number of aromatic nitrogens is 1. The molecule has 3 nitrogen and oxygen atoms in total.